The van der Waals surface area contributed by atoms with Gasteiger partial charge in [0.1, 0.15) is 12.9 Å². The van der Waals surface area contributed by atoms with Crippen molar-refractivity contribution in [1.29, 1.82) is 5.26 Å². The number of aryl methyl sites for hydroxylation is 2. The highest BCUT2D eigenvalue weighted by atomic mass is 16.7. The first kappa shape index (κ1) is 18.9. The molecular formula is C21H26N2O3. The van der Waals surface area contributed by atoms with Gasteiger partial charge in [-0.05, 0) is 62.5 Å². The lowest BCUT2D eigenvalue weighted by Crippen LogP contribution is -2.23. The van der Waals surface area contributed by atoms with Crippen molar-refractivity contribution in [2.75, 3.05) is 20.0 Å². The summed E-state index contributed by atoms with van der Waals surface area (Å²) < 4.78 is 16.3. The molecule has 1 saturated heterocycles. The normalized spacial score (nSPS) is 24.7. The van der Waals surface area contributed by atoms with Gasteiger partial charge in [-0.15, -0.1) is 0 Å². The molecule has 0 spiro atoms. The van der Waals surface area contributed by atoms with Gasteiger partial charge in [0.15, 0.2) is 0 Å². The quantitative estimate of drug-likeness (QED) is 0.302. The molecule has 1 aromatic carbocycles. The van der Waals surface area contributed by atoms with Gasteiger partial charge in [-0.3, -0.25) is 0 Å². The van der Waals surface area contributed by atoms with Crippen molar-refractivity contribution in [3.63, 3.8) is 0 Å². The molecule has 1 aliphatic heterocycles. The Morgan fingerprint density at radius 2 is 2.08 bits per heavy atom. The van der Waals surface area contributed by atoms with Gasteiger partial charge in [0.05, 0.1) is 37.5 Å². The maximum atomic E-state index is 9.30. The smallest absolute Gasteiger partial charge is 0.208 e. The van der Waals surface area contributed by atoms with Gasteiger partial charge in [0, 0.05) is 0 Å². The van der Waals surface area contributed by atoms with Crippen LogP contribution in [0.5, 0.6) is 0 Å². The first-order chi connectivity index (χ1) is 12.7. The zero-order valence-electron chi connectivity index (χ0n) is 15.4. The Balaban J connectivity index is 1.41. The summed E-state index contributed by atoms with van der Waals surface area (Å²) in [6, 6.07) is 6.16. The van der Waals surface area contributed by atoms with E-state index in [1.54, 1.807) is 0 Å². The van der Waals surface area contributed by atoms with Crippen LogP contribution in [-0.2, 0) is 20.6 Å². The molecule has 1 aromatic rings. The largest absolute Gasteiger partial charge is 0.371 e. The van der Waals surface area contributed by atoms with Crippen LogP contribution in [-0.4, -0.2) is 32.2 Å². The molecule has 2 aliphatic rings. The zero-order valence-corrected chi connectivity index (χ0v) is 15.4. The highest BCUT2D eigenvalue weighted by Crippen LogP contribution is 2.33. The van der Waals surface area contributed by atoms with Crippen LogP contribution in [0.2, 0.25) is 0 Å². The van der Waals surface area contributed by atoms with E-state index in [-0.39, 0.29) is 6.10 Å². The fraction of sp³-hybridized carbons (Fsp3) is 0.619. The van der Waals surface area contributed by atoms with Crippen LogP contribution in [0, 0.1) is 30.7 Å². The van der Waals surface area contributed by atoms with Crippen molar-refractivity contribution in [2.24, 2.45) is 5.92 Å². The Labute approximate surface area is 155 Å². The Morgan fingerprint density at radius 1 is 1.31 bits per heavy atom. The maximum absolute atomic E-state index is 9.30. The predicted octanol–water partition coefficient (Wildman–Crippen LogP) is 4.30. The summed E-state index contributed by atoms with van der Waals surface area (Å²) in [6.07, 6.45) is 6.97. The van der Waals surface area contributed by atoms with Crippen molar-refractivity contribution in [3.05, 3.63) is 40.2 Å². The Hall–Kier alpha value is -1.92. The second kappa shape index (κ2) is 9.14. The highest BCUT2D eigenvalue weighted by Gasteiger charge is 2.24. The molecule has 1 aliphatic carbocycles. The maximum Gasteiger partial charge on any atom is 0.208 e. The van der Waals surface area contributed by atoms with Crippen LogP contribution in [0.15, 0.2) is 12.1 Å². The van der Waals surface area contributed by atoms with Crippen molar-refractivity contribution < 1.29 is 14.2 Å². The molecule has 1 heterocycles. The van der Waals surface area contributed by atoms with Crippen molar-refractivity contribution >= 4 is 5.69 Å². The Bertz CT molecular complexity index is 692. The molecule has 2 fully saturated rings. The number of rotatable bonds is 8. The number of hydrogen-bond donors (Lipinski definition) is 0. The zero-order chi connectivity index (χ0) is 18.4. The average molecular weight is 354 g/mol. The lowest BCUT2D eigenvalue weighted by atomic mass is 9.83. The summed E-state index contributed by atoms with van der Waals surface area (Å²) >= 11 is 0. The van der Waals surface area contributed by atoms with E-state index in [9.17, 15) is 5.26 Å². The summed E-state index contributed by atoms with van der Waals surface area (Å²) in [5.74, 6) is 0.668. The number of epoxide rings is 1. The van der Waals surface area contributed by atoms with Gasteiger partial charge in [-0.2, -0.15) is 5.26 Å². The van der Waals surface area contributed by atoms with Gasteiger partial charge in [-0.25, -0.2) is 4.85 Å². The van der Waals surface area contributed by atoms with Crippen molar-refractivity contribution in [3.8, 4) is 6.07 Å². The molecule has 26 heavy (non-hydrogen) atoms. The van der Waals surface area contributed by atoms with Gasteiger partial charge in [0.2, 0.25) is 5.69 Å². The fourth-order valence-electron chi connectivity index (χ4n) is 3.64. The van der Waals surface area contributed by atoms with E-state index in [0.717, 1.165) is 56.3 Å². The molecule has 0 amide bonds. The van der Waals surface area contributed by atoms with Crippen LogP contribution in [0.25, 0.3) is 4.85 Å². The van der Waals surface area contributed by atoms with Gasteiger partial charge in [0.25, 0.3) is 0 Å². The standard InChI is InChI=1S/C21H26N2O3/c1-15-3-7-17(21(23-2)20(15)11-22)8-4-16-5-9-18(10-6-16)26-14-24-12-19-13-25-19/h3,7,16,18-19H,4-6,8-10,12-14H2,1H3. The summed E-state index contributed by atoms with van der Waals surface area (Å²) in [7, 11) is 0. The van der Waals surface area contributed by atoms with Crippen molar-refractivity contribution in [2.45, 2.75) is 57.7 Å². The van der Waals surface area contributed by atoms with Gasteiger partial charge >= 0.3 is 0 Å². The van der Waals surface area contributed by atoms with Crippen LogP contribution < -0.4 is 0 Å². The van der Waals surface area contributed by atoms with Gasteiger partial charge in [-0.1, -0.05) is 12.1 Å². The minimum atomic E-state index is 0.290. The molecule has 3 rings (SSSR count). The lowest BCUT2D eigenvalue weighted by molar-refractivity contribution is -0.104. The number of nitrogens with zero attached hydrogens (tertiary/aromatic N) is 2. The number of benzene rings is 1. The number of ether oxygens (including phenoxy) is 3. The van der Waals surface area contributed by atoms with Crippen molar-refractivity contribution in [1.82, 2.24) is 0 Å². The first-order valence-electron chi connectivity index (χ1n) is 9.42. The third-order valence-corrected chi connectivity index (χ3v) is 5.40. The van der Waals surface area contributed by atoms with E-state index in [0.29, 0.717) is 36.7 Å². The summed E-state index contributed by atoms with van der Waals surface area (Å²) in [5.41, 5.74) is 2.97. The molecule has 138 valence electrons. The van der Waals surface area contributed by atoms with Crippen LogP contribution in [0.3, 0.4) is 0 Å². The lowest BCUT2D eigenvalue weighted by Gasteiger charge is -2.28. The second-order valence-corrected chi connectivity index (χ2v) is 7.28. The summed E-state index contributed by atoms with van der Waals surface area (Å²) in [4.78, 5) is 3.62. The van der Waals surface area contributed by atoms with E-state index in [4.69, 9.17) is 20.8 Å². The Morgan fingerprint density at radius 3 is 2.73 bits per heavy atom. The molecule has 0 aromatic heterocycles. The van der Waals surface area contributed by atoms with Crippen LogP contribution in [0.4, 0.5) is 5.69 Å². The monoisotopic (exact) mass is 354 g/mol. The van der Waals surface area contributed by atoms with E-state index in [1.165, 1.54) is 0 Å². The van der Waals surface area contributed by atoms with E-state index >= 15 is 0 Å². The average Bonchev–Trinajstić information content (AvgIpc) is 3.49. The SMILES string of the molecule is [C-]#[N+]c1c(CCC2CCC(OCOCC3CO3)CC2)ccc(C)c1C#N. The molecule has 1 saturated carbocycles. The summed E-state index contributed by atoms with van der Waals surface area (Å²) in [5, 5.41) is 9.30. The molecule has 1 atom stereocenters. The fourth-order valence-corrected chi connectivity index (χ4v) is 3.64. The third-order valence-electron chi connectivity index (χ3n) is 5.40. The molecule has 0 N–H and O–H groups in total. The second-order valence-electron chi connectivity index (χ2n) is 7.28. The van der Waals surface area contributed by atoms with E-state index in [1.807, 2.05) is 19.1 Å². The molecule has 0 radical (unpaired) electrons. The molecule has 5 nitrogen and oxygen atoms in total. The Kier molecular flexibility index (Phi) is 6.63. The topological polar surface area (TPSA) is 59.1 Å². The van der Waals surface area contributed by atoms with E-state index in [2.05, 4.69) is 10.9 Å². The minimum absolute atomic E-state index is 0.290. The van der Waals surface area contributed by atoms with Crippen LogP contribution in [0.1, 0.15) is 48.8 Å². The predicted molar refractivity (Wildman–Crippen MR) is 97.9 cm³/mol. The number of nitriles is 1. The molecule has 5 heteroatoms. The molecular weight excluding hydrogens is 328 g/mol. The summed E-state index contributed by atoms with van der Waals surface area (Å²) in [6.45, 7) is 11.1. The third kappa shape index (κ3) is 5.05. The molecule has 0 bridgehead atoms. The minimum Gasteiger partial charge on any atom is -0.371 e. The van der Waals surface area contributed by atoms with Crippen LogP contribution >= 0.6 is 0 Å². The highest BCUT2D eigenvalue weighted by molar-refractivity contribution is 5.66. The van der Waals surface area contributed by atoms with E-state index < -0.39 is 0 Å². The van der Waals surface area contributed by atoms with Gasteiger partial charge < -0.3 is 14.2 Å². The molecule has 1 unspecified atom stereocenters. The first-order valence-corrected chi connectivity index (χ1v) is 9.42. The number of hydrogen-bond acceptors (Lipinski definition) is 4.